The fraction of sp³-hybridized carbons (Fsp3) is 0.455. The standard InChI is InChI=1S/C11H17N5O3S/c1-6(20-5-4-7(12)17)14-9-8(13)10(18)16(3)11(19)15(9)2/h4-5,13H2,1-3H3,(H2,12,17). The summed E-state index contributed by atoms with van der Waals surface area (Å²) < 4.78 is 2.12. The lowest BCUT2D eigenvalue weighted by molar-refractivity contribution is -0.117. The number of carbonyl (C=O) groups is 1. The number of nitrogens with two attached hydrogens (primary N) is 2. The fourth-order valence-electron chi connectivity index (χ4n) is 1.48. The third-order valence-electron chi connectivity index (χ3n) is 2.59. The molecule has 0 atom stereocenters. The molecule has 0 aromatic carbocycles. The summed E-state index contributed by atoms with van der Waals surface area (Å²) in [6, 6.07) is 0. The predicted molar refractivity (Wildman–Crippen MR) is 80.4 cm³/mol. The van der Waals surface area contributed by atoms with Crippen molar-refractivity contribution in [1.29, 1.82) is 0 Å². The lowest BCUT2D eigenvalue weighted by Crippen LogP contribution is -2.38. The molecule has 0 fully saturated rings. The first-order chi connectivity index (χ1) is 9.25. The molecule has 0 aliphatic heterocycles. The van der Waals surface area contributed by atoms with Gasteiger partial charge >= 0.3 is 5.69 Å². The van der Waals surface area contributed by atoms with Crippen LogP contribution in [0.3, 0.4) is 0 Å². The van der Waals surface area contributed by atoms with Crippen LogP contribution in [0, 0.1) is 0 Å². The Morgan fingerprint density at radius 2 is 1.90 bits per heavy atom. The molecule has 110 valence electrons. The second kappa shape index (κ2) is 6.42. The maximum Gasteiger partial charge on any atom is 0.332 e. The van der Waals surface area contributed by atoms with Crippen LogP contribution in [0.4, 0.5) is 11.5 Å². The van der Waals surface area contributed by atoms with E-state index in [2.05, 4.69) is 4.99 Å². The quantitative estimate of drug-likeness (QED) is 0.563. The molecule has 0 unspecified atom stereocenters. The molecule has 20 heavy (non-hydrogen) atoms. The number of aromatic nitrogens is 2. The molecular weight excluding hydrogens is 282 g/mol. The van der Waals surface area contributed by atoms with Gasteiger partial charge in [-0.05, 0) is 6.92 Å². The summed E-state index contributed by atoms with van der Waals surface area (Å²) in [5, 5.41) is 0.584. The molecule has 0 saturated carbocycles. The van der Waals surface area contributed by atoms with E-state index in [-0.39, 0.29) is 17.9 Å². The molecule has 1 amide bonds. The summed E-state index contributed by atoms with van der Waals surface area (Å²) in [5.41, 5.74) is 9.55. The molecular formula is C11H17N5O3S. The lowest BCUT2D eigenvalue weighted by atomic mass is 10.4. The Morgan fingerprint density at radius 3 is 2.45 bits per heavy atom. The minimum absolute atomic E-state index is 0.0931. The van der Waals surface area contributed by atoms with Crippen LogP contribution in [0.2, 0.25) is 0 Å². The van der Waals surface area contributed by atoms with E-state index in [1.54, 1.807) is 6.92 Å². The SMILES string of the molecule is CC(=Nc1c(N)c(=O)n(C)c(=O)n1C)SCCC(N)=O. The lowest BCUT2D eigenvalue weighted by Gasteiger charge is -2.09. The van der Waals surface area contributed by atoms with Gasteiger partial charge in [-0.1, -0.05) is 0 Å². The molecule has 1 aromatic rings. The summed E-state index contributed by atoms with van der Waals surface area (Å²) in [6.07, 6.45) is 0.225. The zero-order chi connectivity index (χ0) is 15.4. The van der Waals surface area contributed by atoms with Gasteiger partial charge in [0, 0.05) is 26.3 Å². The number of nitrogen functional groups attached to an aromatic ring is 1. The summed E-state index contributed by atoms with van der Waals surface area (Å²) in [4.78, 5) is 38.3. The maximum absolute atomic E-state index is 11.8. The van der Waals surface area contributed by atoms with Gasteiger partial charge in [0.2, 0.25) is 5.91 Å². The van der Waals surface area contributed by atoms with E-state index in [4.69, 9.17) is 11.5 Å². The van der Waals surface area contributed by atoms with Gasteiger partial charge in [-0.25, -0.2) is 9.79 Å². The largest absolute Gasteiger partial charge is 0.391 e. The summed E-state index contributed by atoms with van der Waals surface area (Å²) in [6.45, 7) is 1.70. The number of carbonyl (C=O) groups excluding carboxylic acids is 1. The number of primary amides is 1. The molecule has 0 radical (unpaired) electrons. The first-order valence-corrected chi connectivity index (χ1v) is 6.76. The van der Waals surface area contributed by atoms with Gasteiger partial charge in [0.25, 0.3) is 5.56 Å². The Labute approximate surface area is 119 Å². The minimum atomic E-state index is -0.582. The number of thioether (sulfide) groups is 1. The maximum atomic E-state index is 11.8. The topological polar surface area (TPSA) is 125 Å². The van der Waals surface area contributed by atoms with Gasteiger partial charge in [-0.15, -0.1) is 11.8 Å². The average molecular weight is 299 g/mol. The van der Waals surface area contributed by atoms with Gasteiger partial charge < -0.3 is 11.5 Å². The summed E-state index contributed by atoms with van der Waals surface area (Å²) in [7, 11) is 2.83. The van der Waals surface area contributed by atoms with Crippen molar-refractivity contribution in [2.45, 2.75) is 13.3 Å². The highest BCUT2D eigenvalue weighted by Crippen LogP contribution is 2.18. The fourth-order valence-corrected chi connectivity index (χ4v) is 2.23. The summed E-state index contributed by atoms with van der Waals surface area (Å²) >= 11 is 1.30. The molecule has 9 heteroatoms. The van der Waals surface area contributed by atoms with Gasteiger partial charge in [0.1, 0.15) is 5.69 Å². The van der Waals surface area contributed by atoms with E-state index < -0.39 is 17.2 Å². The van der Waals surface area contributed by atoms with Gasteiger partial charge in [-0.3, -0.25) is 18.7 Å². The predicted octanol–water partition coefficient (Wildman–Crippen LogP) is -0.675. The van der Waals surface area contributed by atoms with Gasteiger partial charge in [-0.2, -0.15) is 0 Å². The number of rotatable bonds is 4. The van der Waals surface area contributed by atoms with E-state index in [1.807, 2.05) is 0 Å². The second-order valence-electron chi connectivity index (χ2n) is 4.14. The smallest absolute Gasteiger partial charge is 0.332 e. The highest BCUT2D eigenvalue weighted by molar-refractivity contribution is 8.13. The highest BCUT2D eigenvalue weighted by atomic mass is 32.2. The molecule has 1 heterocycles. The number of hydrogen-bond acceptors (Lipinski definition) is 6. The number of aliphatic imine (C=N–C) groups is 1. The van der Waals surface area contributed by atoms with E-state index >= 15 is 0 Å². The molecule has 0 bridgehead atoms. The molecule has 8 nitrogen and oxygen atoms in total. The zero-order valence-corrected chi connectivity index (χ0v) is 12.4. The van der Waals surface area contributed by atoms with Crippen molar-refractivity contribution in [3.63, 3.8) is 0 Å². The van der Waals surface area contributed by atoms with Crippen LogP contribution >= 0.6 is 11.8 Å². The second-order valence-corrected chi connectivity index (χ2v) is 5.43. The molecule has 0 spiro atoms. The Bertz CT molecular complexity index is 637. The molecule has 1 rings (SSSR count). The molecule has 0 aliphatic carbocycles. The molecule has 4 N–H and O–H groups in total. The third-order valence-corrected chi connectivity index (χ3v) is 3.51. The Morgan fingerprint density at radius 1 is 1.30 bits per heavy atom. The van der Waals surface area contributed by atoms with Crippen molar-refractivity contribution in [1.82, 2.24) is 9.13 Å². The van der Waals surface area contributed by atoms with Crippen LogP contribution < -0.4 is 22.7 Å². The van der Waals surface area contributed by atoms with Crippen molar-refractivity contribution in [3.8, 4) is 0 Å². The van der Waals surface area contributed by atoms with E-state index in [0.717, 1.165) is 4.57 Å². The van der Waals surface area contributed by atoms with Crippen LogP contribution in [-0.4, -0.2) is 25.8 Å². The minimum Gasteiger partial charge on any atom is -0.391 e. The van der Waals surface area contributed by atoms with Crippen molar-refractivity contribution >= 4 is 34.2 Å². The third kappa shape index (κ3) is 3.50. The number of hydrogen-bond donors (Lipinski definition) is 2. The monoisotopic (exact) mass is 299 g/mol. The number of nitrogens with zero attached hydrogens (tertiary/aromatic N) is 3. The van der Waals surface area contributed by atoms with Crippen molar-refractivity contribution in [2.75, 3.05) is 11.5 Å². The van der Waals surface area contributed by atoms with E-state index in [1.165, 1.54) is 30.4 Å². The zero-order valence-electron chi connectivity index (χ0n) is 11.5. The van der Waals surface area contributed by atoms with Crippen LogP contribution in [-0.2, 0) is 18.9 Å². The number of amides is 1. The molecule has 0 saturated heterocycles. The van der Waals surface area contributed by atoms with E-state index in [0.29, 0.717) is 10.8 Å². The Balaban J connectivity index is 3.12. The van der Waals surface area contributed by atoms with Gasteiger partial charge in [0.05, 0.1) is 5.04 Å². The van der Waals surface area contributed by atoms with Crippen molar-refractivity contribution in [3.05, 3.63) is 20.8 Å². The van der Waals surface area contributed by atoms with Crippen molar-refractivity contribution in [2.24, 2.45) is 24.8 Å². The summed E-state index contributed by atoms with van der Waals surface area (Å²) in [5.74, 6) is 0.191. The Hall–Kier alpha value is -2.03. The van der Waals surface area contributed by atoms with E-state index in [9.17, 15) is 14.4 Å². The van der Waals surface area contributed by atoms with Crippen LogP contribution in [0.25, 0.3) is 0 Å². The van der Waals surface area contributed by atoms with Gasteiger partial charge in [0.15, 0.2) is 5.82 Å². The first kappa shape index (κ1) is 16.0. The van der Waals surface area contributed by atoms with Crippen LogP contribution in [0.5, 0.6) is 0 Å². The Kier molecular flexibility index (Phi) is 5.14. The molecule has 0 aliphatic rings. The normalized spacial score (nSPS) is 11.7. The van der Waals surface area contributed by atoms with Crippen LogP contribution in [0.1, 0.15) is 13.3 Å². The number of anilines is 1. The first-order valence-electron chi connectivity index (χ1n) is 5.77. The van der Waals surface area contributed by atoms with Crippen molar-refractivity contribution < 1.29 is 4.79 Å². The molecule has 1 aromatic heterocycles. The average Bonchev–Trinajstić information content (AvgIpc) is 2.39. The highest BCUT2D eigenvalue weighted by Gasteiger charge is 2.12. The van der Waals surface area contributed by atoms with Crippen LogP contribution in [0.15, 0.2) is 14.6 Å².